The van der Waals surface area contributed by atoms with Crippen LogP contribution in [-0.2, 0) is 11.3 Å². The standard InChI is InChI=1S/C19H30N4O2.2ClH/c1-23(2)13-12-21-17(24)16-8-6-15(7-9-16)14-22-18(25)19(20)10-4-3-5-11-19;;/h6-9H,3-5,10-14,20H2,1-2H3,(H,21,24)(H,22,25);2*1H. The second-order valence-corrected chi connectivity index (χ2v) is 7.16. The van der Waals surface area contributed by atoms with Crippen LogP contribution in [0.5, 0.6) is 0 Å². The van der Waals surface area contributed by atoms with E-state index in [1.54, 1.807) is 12.1 Å². The number of halogens is 2. The van der Waals surface area contributed by atoms with Crippen LogP contribution >= 0.6 is 24.8 Å². The molecule has 1 aliphatic rings. The molecule has 4 N–H and O–H groups in total. The van der Waals surface area contributed by atoms with Crippen LogP contribution in [-0.4, -0.2) is 49.4 Å². The molecule has 8 heteroatoms. The molecule has 0 unspecified atom stereocenters. The summed E-state index contributed by atoms with van der Waals surface area (Å²) >= 11 is 0. The average molecular weight is 419 g/mol. The number of nitrogens with zero attached hydrogens (tertiary/aromatic N) is 1. The molecule has 0 radical (unpaired) electrons. The second kappa shape index (κ2) is 12.2. The van der Waals surface area contributed by atoms with Gasteiger partial charge in [0.25, 0.3) is 5.91 Å². The summed E-state index contributed by atoms with van der Waals surface area (Å²) in [7, 11) is 3.93. The van der Waals surface area contributed by atoms with Crippen molar-refractivity contribution >= 4 is 36.6 Å². The molecule has 1 fully saturated rings. The first kappa shape index (κ1) is 25.7. The van der Waals surface area contributed by atoms with E-state index in [0.29, 0.717) is 18.7 Å². The van der Waals surface area contributed by atoms with Gasteiger partial charge in [0.2, 0.25) is 5.91 Å². The predicted octanol–water partition coefficient (Wildman–Crippen LogP) is 2.10. The number of carbonyl (C=O) groups is 2. The zero-order chi connectivity index (χ0) is 18.3. The first-order valence-corrected chi connectivity index (χ1v) is 9.00. The largest absolute Gasteiger partial charge is 0.351 e. The molecule has 0 aliphatic heterocycles. The molecule has 2 rings (SSSR count). The molecule has 0 saturated heterocycles. The minimum atomic E-state index is -0.718. The van der Waals surface area contributed by atoms with Crippen LogP contribution in [0.15, 0.2) is 24.3 Å². The van der Waals surface area contributed by atoms with E-state index in [0.717, 1.165) is 44.2 Å². The van der Waals surface area contributed by atoms with Crippen LogP contribution in [0.1, 0.15) is 48.0 Å². The maximum Gasteiger partial charge on any atom is 0.251 e. The Balaban J connectivity index is 0.00000338. The van der Waals surface area contributed by atoms with Crippen molar-refractivity contribution in [3.63, 3.8) is 0 Å². The zero-order valence-electron chi connectivity index (χ0n) is 16.1. The zero-order valence-corrected chi connectivity index (χ0v) is 17.8. The van der Waals surface area contributed by atoms with Gasteiger partial charge in [0.15, 0.2) is 0 Å². The quantitative estimate of drug-likeness (QED) is 0.632. The van der Waals surface area contributed by atoms with Gasteiger partial charge in [0.05, 0.1) is 5.54 Å². The number of hydrogen-bond donors (Lipinski definition) is 3. The van der Waals surface area contributed by atoms with Crippen molar-refractivity contribution < 1.29 is 9.59 Å². The summed E-state index contributed by atoms with van der Waals surface area (Å²) in [5.74, 6) is -0.154. The smallest absolute Gasteiger partial charge is 0.251 e. The number of nitrogens with two attached hydrogens (primary N) is 1. The lowest BCUT2D eigenvalue weighted by Gasteiger charge is -2.31. The Morgan fingerprint density at radius 1 is 1.04 bits per heavy atom. The Hall–Kier alpha value is -1.34. The van der Waals surface area contributed by atoms with Gasteiger partial charge in [-0.2, -0.15) is 0 Å². The number of hydrogen-bond acceptors (Lipinski definition) is 4. The van der Waals surface area contributed by atoms with Gasteiger partial charge in [-0.15, -0.1) is 24.8 Å². The van der Waals surface area contributed by atoms with Crippen LogP contribution in [0.3, 0.4) is 0 Å². The Kier molecular flexibility index (Phi) is 11.6. The third-order valence-electron chi connectivity index (χ3n) is 4.71. The lowest BCUT2D eigenvalue weighted by atomic mass is 9.82. The third kappa shape index (κ3) is 8.05. The van der Waals surface area contributed by atoms with Gasteiger partial charge in [-0.1, -0.05) is 31.4 Å². The van der Waals surface area contributed by atoms with Crippen molar-refractivity contribution in [1.29, 1.82) is 0 Å². The normalized spacial score (nSPS) is 15.3. The van der Waals surface area contributed by atoms with E-state index in [4.69, 9.17) is 5.73 Å². The van der Waals surface area contributed by atoms with E-state index in [9.17, 15) is 9.59 Å². The van der Waals surface area contributed by atoms with Crippen molar-refractivity contribution in [2.24, 2.45) is 5.73 Å². The van der Waals surface area contributed by atoms with Gasteiger partial charge in [0, 0.05) is 25.2 Å². The van der Waals surface area contributed by atoms with Gasteiger partial charge >= 0.3 is 0 Å². The monoisotopic (exact) mass is 418 g/mol. The molecule has 154 valence electrons. The van der Waals surface area contributed by atoms with E-state index in [1.807, 2.05) is 31.1 Å². The van der Waals surface area contributed by atoms with Crippen LogP contribution in [0.2, 0.25) is 0 Å². The van der Waals surface area contributed by atoms with Gasteiger partial charge < -0.3 is 21.3 Å². The molecular weight excluding hydrogens is 387 g/mol. The number of likely N-dealkylation sites (N-methyl/N-ethyl adjacent to an activating group) is 1. The van der Waals surface area contributed by atoms with E-state index in [1.165, 1.54) is 0 Å². The summed E-state index contributed by atoms with van der Waals surface area (Å²) in [4.78, 5) is 26.4. The van der Waals surface area contributed by atoms with Gasteiger partial charge in [-0.3, -0.25) is 9.59 Å². The number of amides is 2. The molecule has 1 aromatic rings. The molecule has 0 bridgehead atoms. The number of nitrogens with one attached hydrogen (secondary N) is 2. The van der Waals surface area contributed by atoms with E-state index < -0.39 is 5.54 Å². The lowest BCUT2D eigenvalue weighted by molar-refractivity contribution is -0.127. The minimum absolute atomic E-state index is 0. The predicted molar refractivity (Wildman–Crippen MR) is 114 cm³/mol. The minimum Gasteiger partial charge on any atom is -0.351 e. The average Bonchev–Trinajstić information content (AvgIpc) is 2.60. The summed E-state index contributed by atoms with van der Waals surface area (Å²) in [6.45, 7) is 1.85. The topological polar surface area (TPSA) is 87.5 Å². The van der Waals surface area contributed by atoms with E-state index >= 15 is 0 Å². The van der Waals surface area contributed by atoms with Crippen LogP contribution in [0.4, 0.5) is 0 Å². The molecule has 0 atom stereocenters. The van der Waals surface area contributed by atoms with Gasteiger partial charge in [-0.05, 0) is 44.6 Å². The molecule has 0 heterocycles. The highest BCUT2D eigenvalue weighted by molar-refractivity contribution is 5.94. The van der Waals surface area contributed by atoms with Crippen molar-refractivity contribution in [2.75, 3.05) is 27.2 Å². The molecule has 2 amide bonds. The van der Waals surface area contributed by atoms with Crippen molar-refractivity contribution in [2.45, 2.75) is 44.2 Å². The fourth-order valence-electron chi connectivity index (χ4n) is 3.04. The number of benzene rings is 1. The SMILES string of the molecule is CN(C)CCNC(=O)c1ccc(CNC(=O)C2(N)CCCCC2)cc1.Cl.Cl. The Morgan fingerprint density at radius 2 is 1.63 bits per heavy atom. The molecule has 0 spiro atoms. The second-order valence-electron chi connectivity index (χ2n) is 7.16. The van der Waals surface area contributed by atoms with Crippen LogP contribution < -0.4 is 16.4 Å². The highest BCUT2D eigenvalue weighted by atomic mass is 35.5. The summed E-state index contributed by atoms with van der Waals surface area (Å²) < 4.78 is 0. The Bertz CT molecular complexity index is 588. The lowest BCUT2D eigenvalue weighted by Crippen LogP contribution is -2.54. The Morgan fingerprint density at radius 3 is 2.19 bits per heavy atom. The fourth-order valence-corrected chi connectivity index (χ4v) is 3.04. The van der Waals surface area contributed by atoms with Crippen LogP contribution in [0.25, 0.3) is 0 Å². The fraction of sp³-hybridized carbons (Fsp3) is 0.579. The first-order chi connectivity index (χ1) is 11.9. The summed E-state index contributed by atoms with van der Waals surface area (Å²) in [5.41, 5.74) is 7.09. The maximum absolute atomic E-state index is 12.3. The highest BCUT2D eigenvalue weighted by Gasteiger charge is 2.34. The van der Waals surface area contributed by atoms with Crippen molar-refractivity contribution in [1.82, 2.24) is 15.5 Å². The summed E-state index contributed by atoms with van der Waals surface area (Å²) in [6.07, 6.45) is 4.70. The molecule has 1 saturated carbocycles. The first-order valence-electron chi connectivity index (χ1n) is 9.00. The number of rotatable bonds is 7. The van der Waals surface area contributed by atoms with E-state index in [2.05, 4.69) is 10.6 Å². The molecule has 6 nitrogen and oxygen atoms in total. The third-order valence-corrected chi connectivity index (χ3v) is 4.71. The van der Waals surface area contributed by atoms with Gasteiger partial charge in [0.1, 0.15) is 0 Å². The highest BCUT2D eigenvalue weighted by Crippen LogP contribution is 2.26. The summed E-state index contributed by atoms with van der Waals surface area (Å²) in [5, 5.41) is 5.82. The van der Waals surface area contributed by atoms with Crippen molar-refractivity contribution in [3.05, 3.63) is 35.4 Å². The summed E-state index contributed by atoms with van der Waals surface area (Å²) in [6, 6.07) is 7.30. The van der Waals surface area contributed by atoms with Gasteiger partial charge in [-0.25, -0.2) is 0 Å². The molecule has 1 aliphatic carbocycles. The molecule has 1 aromatic carbocycles. The van der Waals surface area contributed by atoms with Crippen LogP contribution in [0, 0.1) is 0 Å². The molecular formula is C19H32Cl2N4O2. The number of carbonyl (C=O) groups excluding carboxylic acids is 2. The molecule has 27 heavy (non-hydrogen) atoms. The van der Waals surface area contributed by atoms with E-state index in [-0.39, 0.29) is 36.6 Å². The van der Waals surface area contributed by atoms with Crippen molar-refractivity contribution in [3.8, 4) is 0 Å². The molecule has 0 aromatic heterocycles. The maximum atomic E-state index is 12.3. The Labute approximate surface area is 174 Å².